The number of hydrogen-bond acceptors (Lipinski definition) is 2. The molecule has 62 valence electrons. The van der Waals surface area contributed by atoms with Gasteiger partial charge in [-0.1, -0.05) is 0 Å². The van der Waals surface area contributed by atoms with Crippen LogP contribution in [0.15, 0.2) is 0 Å². The molecule has 1 N–H and O–H groups in total. The fourth-order valence-electron chi connectivity index (χ4n) is 1.92. The van der Waals surface area contributed by atoms with Crippen molar-refractivity contribution in [1.82, 2.24) is 4.90 Å². The zero-order valence-corrected chi connectivity index (χ0v) is 6.19. The maximum atomic E-state index is 10.6. The summed E-state index contributed by atoms with van der Waals surface area (Å²) in [6, 6.07) is 0.146. The Labute approximate surface area is 64.7 Å². The van der Waals surface area contributed by atoms with Crippen molar-refractivity contribution in [2.75, 3.05) is 19.8 Å². The second-order valence-corrected chi connectivity index (χ2v) is 3.13. The predicted octanol–water partition coefficient (Wildman–Crippen LogP) is 0.385. The van der Waals surface area contributed by atoms with E-state index in [0.29, 0.717) is 19.1 Å². The topological polar surface area (TPSA) is 49.8 Å². The molecule has 4 heteroatoms. The number of carboxylic acid groups (broad SMARTS) is 1. The van der Waals surface area contributed by atoms with Gasteiger partial charge in [-0.25, -0.2) is 4.79 Å². The van der Waals surface area contributed by atoms with Crippen LogP contribution in [0.1, 0.15) is 6.42 Å². The summed E-state index contributed by atoms with van der Waals surface area (Å²) < 4.78 is 5.19. The Morgan fingerprint density at radius 3 is 3.09 bits per heavy atom. The van der Waals surface area contributed by atoms with Crippen molar-refractivity contribution in [3.05, 3.63) is 0 Å². The molecule has 0 aliphatic carbocycles. The number of rotatable bonds is 0. The summed E-state index contributed by atoms with van der Waals surface area (Å²) in [6.07, 6.45) is 0.166. The molecule has 2 aliphatic heterocycles. The van der Waals surface area contributed by atoms with Gasteiger partial charge in [0.15, 0.2) is 0 Å². The first-order valence-electron chi connectivity index (χ1n) is 3.86. The lowest BCUT2D eigenvalue weighted by Crippen LogP contribution is -2.36. The molecule has 2 rings (SSSR count). The lowest BCUT2D eigenvalue weighted by molar-refractivity contribution is 0.120. The second-order valence-electron chi connectivity index (χ2n) is 3.13. The number of nitrogens with zero attached hydrogens (tertiary/aromatic N) is 1. The molecule has 0 saturated carbocycles. The largest absolute Gasteiger partial charge is 0.465 e. The molecular weight excluding hydrogens is 146 g/mol. The lowest BCUT2D eigenvalue weighted by atomic mass is 10.1. The van der Waals surface area contributed by atoms with Gasteiger partial charge in [-0.3, -0.25) is 0 Å². The number of carbonyl (C=O) groups is 1. The minimum atomic E-state index is -0.803. The summed E-state index contributed by atoms with van der Waals surface area (Å²) in [6.45, 7) is 2.03. The van der Waals surface area contributed by atoms with Gasteiger partial charge in [-0.05, 0) is 6.42 Å². The van der Waals surface area contributed by atoms with Crippen molar-refractivity contribution >= 4 is 6.09 Å². The van der Waals surface area contributed by atoms with Crippen LogP contribution in [-0.2, 0) is 4.74 Å². The van der Waals surface area contributed by atoms with E-state index in [2.05, 4.69) is 0 Å². The fourth-order valence-corrected chi connectivity index (χ4v) is 1.92. The van der Waals surface area contributed by atoms with Crippen LogP contribution in [0.5, 0.6) is 0 Å². The third-order valence-corrected chi connectivity index (χ3v) is 2.55. The molecule has 0 aromatic rings. The minimum absolute atomic E-state index is 0.146. The molecule has 0 aromatic heterocycles. The molecule has 0 radical (unpaired) electrons. The van der Waals surface area contributed by atoms with Crippen molar-refractivity contribution in [2.45, 2.75) is 12.5 Å². The maximum absolute atomic E-state index is 10.6. The van der Waals surface area contributed by atoms with Crippen LogP contribution in [-0.4, -0.2) is 41.9 Å². The molecule has 4 nitrogen and oxygen atoms in total. The Morgan fingerprint density at radius 2 is 2.36 bits per heavy atom. The molecule has 2 atom stereocenters. The number of ether oxygens (including phenoxy) is 1. The Hall–Kier alpha value is -0.770. The van der Waals surface area contributed by atoms with Crippen LogP contribution >= 0.6 is 0 Å². The molecule has 0 bridgehead atoms. The van der Waals surface area contributed by atoms with E-state index in [0.717, 1.165) is 13.0 Å². The Balaban J connectivity index is 2.08. The van der Waals surface area contributed by atoms with Gasteiger partial charge in [0.2, 0.25) is 0 Å². The third kappa shape index (κ3) is 0.976. The highest BCUT2D eigenvalue weighted by Gasteiger charge is 2.40. The van der Waals surface area contributed by atoms with E-state index in [1.54, 1.807) is 0 Å². The fraction of sp³-hybridized carbons (Fsp3) is 0.857. The van der Waals surface area contributed by atoms with Crippen molar-refractivity contribution in [2.24, 2.45) is 5.92 Å². The zero-order chi connectivity index (χ0) is 7.84. The monoisotopic (exact) mass is 157 g/mol. The normalized spacial score (nSPS) is 35.8. The highest BCUT2D eigenvalue weighted by Crippen LogP contribution is 2.29. The summed E-state index contributed by atoms with van der Waals surface area (Å²) in [5, 5.41) is 8.73. The molecule has 2 heterocycles. The van der Waals surface area contributed by atoms with Crippen LogP contribution in [0, 0.1) is 5.92 Å². The lowest BCUT2D eigenvalue weighted by Gasteiger charge is -2.18. The van der Waals surface area contributed by atoms with Crippen molar-refractivity contribution in [1.29, 1.82) is 0 Å². The van der Waals surface area contributed by atoms with E-state index in [1.165, 1.54) is 4.90 Å². The van der Waals surface area contributed by atoms with Crippen molar-refractivity contribution in [3.8, 4) is 0 Å². The first-order valence-corrected chi connectivity index (χ1v) is 3.86. The summed E-state index contributed by atoms with van der Waals surface area (Å²) in [7, 11) is 0. The number of fused-ring (bicyclic) bond motifs is 1. The smallest absolute Gasteiger partial charge is 0.407 e. The summed E-state index contributed by atoms with van der Waals surface area (Å²) >= 11 is 0. The van der Waals surface area contributed by atoms with Gasteiger partial charge in [-0.15, -0.1) is 0 Å². The summed E-state index contributed by atoms with van der Waals surface area (Å²) in [4.78, 5) is 12.1. The van der Waals surface area contributed by atoms with Crippen LogP contribution in [0.2, 0.25) is 0 Å². The zero-order valence-electron chi connectivity index (χ0n) is 6.19. The van der Waals surface area contributed by atoms with E-state index >= 15 is 0 Å². The maximum Gasteiger partial charge on any atom is 0.407 e. The first-order chi connectivity index (χ1) is 5.29. The van der Waals surface area contributed by atoms with Gasteiger partial charge < -0.3 is 14.7 Å². The van der Waals surface area contributed by atoms with Crippen LogP contribution in [0.4, 0.5) is 4.79 Å². The summed E-state index contributed by atoms with van der Waals surface area (Å²) in [5.74, 6) is 0.464. The molecule has 1 amide bonds. The van der Waals surface area contributed by atoms with E-state index in [1.807, 2.05) is 0 Å². The van der Waals surface area contributed by atoms with Crippen LogP contribution in [0.25, 0.3) is 0 Å². The first kappa shape index (κ1) is 6.91. The molecule has 0 spiro atoms. The number of hydrogen-bond donors (Lipinski definition) is 1. The molecule has 11 heavy (non-hydrogen) atoms. The van der Waals surface area contributed by atoms with E-state index in [4.69, 9.17) is 9.84 Å². The second kappa shape index (κ2) is 2.37. The van der Waals surface area contributed by atoms with E-state index in [-0.39, 0.29) is 6.04 Å². The van der Waals surface area contributed by atoms with Crippen LogP contribution in [0.3, 0.4) is 0 Å². The average Bonchev–Trinajstić information content (AvgIpc) is 2.41. The Kier molecular flexibility index (Phi) is 1.49. The van der Waals surface area contributed by atoms with E-state index in [9.17, 15) is 4.79 Å². The Bertz CT molecular complexity index is 183. The quantitative estimate of drug-likeness (QED) is 0.553. The van der Waals surface area contributed by atoms with Crippen LogP contribution < -0.4 is 0 Å². The standard InChI is InChI=1S/C7H11NO3/c9-7(10)8-2-1-5-3-11-4-6(5)8/h5-6H,1-4H2,(H,9,10). The molecule has 2 aliphatic rings. The highest BCUT2D eigenvalue weighted by atomic mass is 16.5. The van der Waals surface area contributed by atoms with E-state index < -0.39 is 6.09 Å². The predicted molar refractivity (Wildman–Crippen MR) is 37.4 cm³/mol. The molecule has 2 unspecified atom stereocenters. The van der Waals surface area contributed by atoms with Crippen molar-refractivity contribution < 1.29 is 14.6 Å². The number of likely N-dealkylation sites (tertiary alicyclic amines) is 1. The van der Waals surface area contributed by atoms with Crippen molar-refractivity contribution in [3.63, 3.8) is 0 Å². The summed E-state index contributed by atoms with van der Waals surface area (Å²) in [5.41, 5.74) is 0. The average molecular weight is 157 g/mol. The van der Waals surface area contributed by atoms with Gasteiger partial charge in [0.25, 0.3) is 0 Å². The van der Waals surface area contributed by atoms with Gasteiger partial charge in [0.1, 0.15) is 0 Å². The van der Waals surface area contributed by atoms with Gasteiger partial charge in [-0.2, -0.15) is 0 Å². The Morgan fingerprint density at radius 1 is 1.55 bits per heavy atom. The van der Waals surface area contributed by atoms with Gasteiger partial charge >= 0.3 is 6.09 Å². The van der Waals surface area contributed by atoms with Gasteiger partial charge in [0, 0.05) is 12.5 Å². The SMILES string of the molecule is O=C(O)N1CCC2COCC21. The molecule has 2 saturated heterocycles. The van der Waals surface area contributed by atoms with Gasteiger partial charge in [0.05, 0.1) is 19.3 Å². The molecule has 0 aromatic carbocycles. The number of amides is 1. The minimum Gasteiger partial charge on any atom is -0.465 e. The highest BCUT2D eigenvalue weighted by molar-refractivity contribution is 5.66. The molecule has 2 fully saturated rings. The third-order valence-electron chi connectivity index (χ3n) is 2.55. The molecular formula is C7H11NO3.